The second-order valence-corrected chi connectivity index (χ2v) is 12.8. The van der Waals surface area contributed by atoms with Crippen LogP contribution in [0.25, 0.3) is 11.3 Å². The number of pyridine rings is 2. The number of carbonyl (C=O) groups is 1. The molecule has 0 amide bonds. The molecule has 2 saturated heterocycles. The number of hydrogen-bond donors (Lipinski definition) is 1. The zero-order valence-corrected chi connectivity index (χ0v) is 24.5. The lowest BCUT2D eigenvalue weighted by Gasteiger charge is -2.44. The number of aromatic nitrogens is 2. The summed E-state index contributed by atoms with van der Waals surface area (Å²) in [6.07, 6.45) is 10.8. The van der Waals surface area contributed by atoms with E-state index in [4.69, 9.17) is 24.2 Å². The Kier molecular flexibility index (Phi) is 8.95. The lowest BCUT2D eigenvalue weighted by Crippen LogP contribution is -2.43. The Morgan fingerprint density at radius 3 is 2.50 bits per heavy atom. The maximum absolute atomic E-state index is 12.7. The molecule has 3 aliphatic rings. The highest BCUT2D eigenvalue weighted by Crippen LogP contribution is 2.44. The number of aryl methyl sites for hydroxylation is 1. The topological polar surface area (TPSA) is 94.0 Å². The second-order valence-electron chi connectivity index (χ2n) is 12.8. The molecule has 1 N–H and O–H groups in total. The average Bonchev–Trinajstić information content (AvgIpc) is 2.95. The van der Waals surface area contributed by atoms with Crippen LogP contribution >= 0.6 is 0 Å². The van der Waals surface area contributed by atoms with Crippen LogP contribution < -0.4 is 9.64 Å². The number of nitrogens with zero attached hydrogens (tertiary/aromatic N) is 3. The number of piperidine rings is 1. The number of anilines is 1. The van der Waals surface area contributed by atoms with Crippen LogP contribution in [-0.2, 0) is 14.3 Å². The van der Waals surface area contributed by atoms with Crippen LogP contribution in [0.5, 0.6) is 5.75 Å². The van der Waals surface area contributed by atoms with Gasteiger partial charge in [-0.25, -0.2) is 4.79 Å². The number of carboxylic acids is 1. The molecule has 218 valence electrons. The molecule has 3 atom stereocenters. The first-order valence-corrected chi connectivity index (χ1v) is 15.0. The van der Waals surface area contributed by atoms with Crippen LogP contribution in [0.3, 0.4) is 0 Å². The van der Waals surface area contributed by atoms with Gasteiger partial charge in [0.25, 0.3) is 0 Å². The van der Waals surface area contributed by atoms with Crippen molar-refractivity contribution >= 4 is 11.7 Å². The smallest absolute Gasteiger partial charge is 0.337 e. The van der Waals surface area contributed by atoms with Gasteiger partial charge in [0.05, 0.1) is 29.8 Å². The molecule has 0 radical (unpaired) electrons. The molecule has 0 spiro atoms. The van der Waals surface area contributed by atoms with Crippen molar-refractivity contribution in [3.05, 3.63) is 35.8 Å². The highest BCUT2D eigenvalue weighted by atomic mass is 16.5. The Morgan fingerprint density at radius 1 is 1.07 bits per heavy atom. The van der Waals surface area contributed by atoms with Crippen LogP contribution in [0.2, 0.25) is 0 Å². The van der Waals surface area contributed by atoms with E-state index in [9.17, 15) is 9.90 Å². The first kappa shape index (κ1) is 28.8. The molecule has 2 aliphatic heterocycles. The first-order chi connectivity index (χ1) is 19.2. The molecule has 5 rings (SSSR count). The van der Waals surface area contributed by atoms with Gasteiger partial charge in [-0.05, 0) is 83.3 Å². The molecule has 8 heteroatoms. The minimum atomic E-state index is -1.13. The largest absolute Gasteiger partial charge is 0.492 e. The first-order valence-electron chi connectivity index (χ1n) is 15.0. The van der Waals surface area contributed by atoms with Crippen molar-refractivity contribution in [1.82, 2.24) is 9.97 Å². The van der Waals surface area contributed by atoms with Gasteiger partial charge in [0.15, 0.2) is 6.10 Å². The van der Waals surface area contributed by atoms with E-state index in [2.05, 4.69) is 4.90 Å². The van der Waals surface area contributed by atoms with Gasteiger partial charge < -0.3 is 24.2 Å². The average molecular weight is 552 g/mol. The van der Waals surface area contributed by atoms with E-state index < -0.39 is 17.7 Å². The molecular weight excluding hydrogens is 506 g/mol. The molecular formula is C32H45N3O5. The van der Waals surface area contributed by atoms with E-state index in [1.807, 2.05) is 46.0 Å². The fourth-order valence-corrected chi connectivity index (χ4v) is 6.59. The van der Waals surface area contributed by atoms with Crippen molar-refractivity contribution in [2.75, 3.05) is 37.8 Å². The maximum atomic E-state index is 12.7. The highest BCUT2D eigenvalue weighted by Gasteiger charge is 2.37. The third-order valence-electron chi connectivity index (χ3n) is 8.69. The summed E-state index contributed by atoms with van der Waals surface area (Å²) in [6.45, 7) is 11.6. The third-order valence-corrected chi connectivity index (χ3v) is 8.69. The Hall–Kier alpha value is -2.71. The number of carboxylic acid groups (broad SMARTS) is 1. The van der Waals surface area contributed by atoms with E-state index in [0.29, 0.717) is 29.7 Å². The molecule has 1 saturated carbocycles. The van der Waals surface area contributed by atoms with Crippen LogP contribution in [0, 0.1) is 24.7 Å². The summed E-state index contributed by atoms with van der Waals surface area (Å²) < 4.78 is 17.7. The summed E-state index contributed by atoms with van der Waals surface area (Å²) in [7, 11) is 0. The lowest BCUT2D eigenvalue weighted by molar-refractivity contribution is -0.160. The fourth-order valence-electron chi connectivity index (χ4n) is 6.59. The van der Waals surface area contributed by atoms with E-state index >= 15 is 0 Å². The highest BCUT2D eigenvalue weighted by molar-refractivity contribution is 5.85. The Balaban J connectivity index is 1.50. The van der Waals surface area contributed by atoms with Gasteiger partial charge >= 0.3 is 5.97 Å². The Bertz CT molecular complexity index is 1160. The summed E-state index contributed by atoms with van der Waals surface area (Å²) in [6, 6.07) is 3.92. The molecule has 4 heterocycles. The number of aliphatic carboxylic acids is 1. The number of ether oxygens (including phenoxy) is 3. The fraction of sp³-hybridized carbons (Fsp3) is 0.656. The summed E-state index contributed by atoms with van der Waals surface area (Å²) >= 11 is 0. The van der Waals surface area contributed by atoms with Crippen molar-refractivity contribution in [2.45, 2.75) is 84.3 Å². The number of fused-ring (bicyclic) bond motifs is 1. The van der Waals surface area contributed by atoms with Gasteiger partial charge in [-0.1, -0.05) is 19.3 Å². The predicted molar refractivity (Wildman–Crippen MR) is 155 cm³/mol. The van der Waals surface area contributed by atoms with E-state index in [1.165, 1.54) is 25.7 Å². The van der Waals surface area contributed by atoms with Gasteiger partial charge in [-0.15, -0.1) is 0 Å². The van der Waals surface area contributed by atoms with Crippen LogP contribution in [0.1, 0.15) is 83.1 Å². The molecule has 0 aromatic carbocycles. The molecule has 40 heavy (non-hydrogen) atoms. The molecule has 1 aliphatic carbocycles. The quantitative estimate of drug-likeness (QED) is 0.414. The third kappa shape index (κ3) is 6.77. The Labute approximate surface area is 238 Å². The summed E-state index contributed by atoms with van der Waals surface area (Å²) in [5.41, 5.74) is 3.17. The minimum Gasteiger partial charge on any atom is -0.492 e. The van der Waals surface area contributed by atoms with Gasteiger partial charge in [-0.3, -0.25) is 9.97 Å². The van der Waals surface area contributed by atoms with Crippen molar-refractivity contribution in [1.29, 1.82) is 0 Å². The monoisotopic (exact) mass is 551 g/mol. The van der Waals surface area contributed by atoms with Crippen molar-refractivity contribution < 1.29 is 24.1 Å². The summed E-state index contributed by atoms with van der Waals surface area (Å²) in [5, 5.41) is 10.4. The van der Waals surface area contributed by atoms with Crippen molar-refractivity contribution in [2.24, 2.45) is 17.8 Å². The molecule has 0 bridgehead atoms. The molecule has 2 aromatic rings. The minimum absolute atomic E-state index is 0.502. The van der Waals surface area contributed by atoms with Gasteiger partial charge in [0.2, 0.25) is 0 Å². The SMILES string of the molecule is Cc1ncc(-c2ccc(OCC3CCOCC3)cn2)c(N2CCC3CCCCC3C2)c1[C@H](OC(C)(C)C)C(=O)O. The zero-order valence-electron chi connectivity index (χ0n) is 24.5. The van der Waals surface area contributed by atoms with E-state index in [0.717, 1.165) is 74.2 Å². The van der Waals surface area contributed by atoms with E-state index in [1.54, 1.807) is 6.20 Å². The molecule has 2 aromatic heterocycles. The lowest BCUT2D eigenvalue weighted by atomic mass is 9.75. The molecule has 8 nitrogen and oxygen atoms in total. The Morgan fingerprint density at radius 2 is 1.82 bits per heavy atom. The van der Waals surface area contributed by atoms with Gasteiger partial charge in [0.1, 0.15) is 5.75 Å². The van der Waals surface area contributed by atoms with Gasteiger partial charge in [0, 0.05) is 49.3 Å². The standard InChI is InChI=1S/C32H45N3O5/c1-21-28(30(31(36)37)40-32(2,3)4)29(35-14-11-23-7-5-6-8-24(23)19-35)26(18-33-21)27-10-9-25(17-34-27)39-20-22-12-15-38-16-13-22/h9-10,17-18,22-24,30H,5-8,11-16,19-20H2,1-4H3,(H,36,37)/t23?,24?,30-/m0/s1. The summed E-state index contributed by atoms with van der Waals surface area (Å²) in [5.74, 6) is 1.61. The van der Waals surface area contributed by atoms with E-state index in [-0.39, 0.29) is 0 Å². The van der Waals surface area contributed by atoms with Gasteiger partial charge in [-0.2, -0.15) is 0 Å². The predicted octanol–water partition coefficient (Wildman–Crippen LogP) is 6.21. The molecule has 2 unspecified atom stereocenters. The molecule has 3 fully saturated rings. The van der Waals surface area contributed by atoms with Crippen molar-refractivity contribution in [3.63, 3.8) is 0 Å². The van der Waals surface area contributed by atoms with Crippen molar-refractivity contribution in [3.8, 4) is 17.0 Å². The number of rotatable bonds is 8. The normalized spacial score (nSPS) is 22.9. The summed E-state index contributed by atoms with van der Waals surface area (Å²) in [4.78, 5) is 24.6. The van der Waals surface area contributed by atoms with Crippen LogP contribution in [0.15, 0.2) is 24.5 Å². The second kappa shape index (κ2) is 12.4. The zero-order chi connectivity index (χ0) is 28.3. The number of hydrogen-bond acceptors (Lipinski definition) is 7. The van der Waals surface area contributed by atoms with Crippen LogP contribution in [-0.4, -0.2) is 59.6 Å². The maximum Gasteiger partial charge on any atom is 0.337 e. The van der Waals surface area contributed by atoms with Crippen LogP contribution in [0.4, 0.5) is 5.69 Å².